The van der Waals surface area contributed by atoms with E-state index in [1.165, 1.54) is 12.8 Å². The average Bonchev–Trinajstić information content (AvgIpc) is 2.25. The van der Waals surface area contributed by atoms with Crippen LogP contribution < -0.4 is 5.73 Å². The Labute approximate surface area is 115 Å². The summed E-state index contributed by atoms with van der Waals surface area (Å²) < 4.78 is 0. The first-order valence-corrected chi connectivity index (χ1v) is 7.51. The van der Waals surface area contributed by atoms with E-state index < -0.39 is 0 Å². The molecule has 0 aliphatic rings. The van der Waals surface area contributed by atoms with Crippen LogP contribution >= 0.6 is 0 Å². The van der Waals surface area contributed by atoms with Crippen LogP contribution in [-0.4, -0.2) is 56.1 Å². The van der Waals surface area contributed by atoms with E-state index in [4.69, 9.17) is 5.73 Å². The molecule has 0 aromatic heterocycles. The molecule has 0 saturated heterocycles. The molecule has 2 unspecified atom stereocenters. The van der Waals surface area contributed by atoms with Crippen LogP contribution in [0.3, 0.4) is 0 Å². The van der Waals surface area contributed by atoms with Gasteiger partial charge < -0.3 is 10.6 Å². The van der Waals surface area contributed by atoms with E-state index in [-0.39, 0.29) is 0 Å². The number of rotatable bonds is 10. The predicted molar refractivity (Wildman–Crippen MR) is 81.9 cm³/mol. The van der Waals surface area contributed by atoms with Crippen molar-refractivity contribution in [1.82, 2.24) is 9.80 Å². The van der Waals surface area contributed by atoms with Crippen molar-refractivity contribution in [2.24, 2.45) is 17.6 Å². The second kappa shape index (κ2) is 9.76. The second-order valence-electron chi connectivity index (χ2n) is 6.25. The molecule has 3 heteroatoms. The summed E-state index contributed by atoms with van der Waals surface area (Å²) in [5, 5.41) is 0. The molecule has 0 spiro atoms. The molecular weight excluding hydrogens is 222 g/mol. The van der Waals surface area contributed by atoms with Gasteiger partial charge in [0.1, 0.15) is 0 Å². The Morgan fingerprint density at radius 1 is 1.00 bits per heavy atom. The monoisotopic (exact) mass is 257 g/mol. The van der Waals surface area contributed by atoms with Crippen molar-refractivity contribution in [2.45, 2.75) is 46.6 Å². The highest BCUT2D eigenvalue weighted by molar-refractivity contribution is 4.79. The van der Waals surface area contributed by atoms with Gasteiger partial charge in [-0.3, -0.25) is 4.90 Å². The maximum absolute atomic E-state index is 6.03. The Balaban J connectivity index is 4.48. The van der Waals surface area contributed by atoms with Gasteiger partial charge in [-0.1, -0.05) is 27.7 Å². The van der Waals surface area contributed by atoms with Crippen LogP contribution in [0.15, 0.2) is 0 Å². The molecule has 18 heavy (non-hydrogen) atoms. The van der Waals surface area contributed by atoms with Crippen molar-refractivity contribution >= 4 is 0 Å². The Kier molecular flexibility index (Phi) is 9.70. The highest BCUT2D eigenvalue weighted by atomic mass is 15.2. The van der Waals surface area contributed by atoms with Crippen LogP contribution in [-0.2, 0) is 0 Å². The fraction of sp³-hybridized carbons (Fsp3) is 1.00. The summed E-state index contributed by atoms with van der Waals surface area (Å²) >= 11 is 0. The standard InChI is InChI=1S/C15H35N3/c1-7-8-18(10-9-17(5)6)15(12-16)14(4)11-13(2)3/h13-15H,7-12,16H2,1-6H3. The van der Waals surface area contributed by atoms with Gasteiger partial charge in [0.05, 0.1) is 0 Å². The minimum atomic E-state index is 0.535. The summed E-state index contributed by atoms with van der Waals surface area (Å²) in [7, 11) is 4.28. The maximum Gasteiger partial charge on any atom is 0.0244 e. The summed E-state index contributed by atoms with van der Waals surface area (Å²) in [5.74, 6) is 1.44. The van der Waals surface area contributed by atoms with E-state index in [1.54, 1.807) is 0 Å². The SMILES string of the molecule is CCCN(CCN(C)C)C(CN)C(C)CC(C)C. The van der Waals surface area contributed by atoms with Crippen LogP contribution in [0, 0.1) is 11.8 Å². The van der Waals surface area contributed by atoms with Crippen LogP contribution in [0.1, 0.15) is 40.5 Å². The third kappa shape index (κ3) is 7.34. The van der Waals surface area contributed by atoms with Crippen molar-refractivity contribution in [2.75, 3.05) is 40.3 Å². The van der Waals surface area contributed by atoms with Gasteiger partial charge in [0, 0.05) is 25.7 Å². The zero-order valence-corrected chi connectivity index (χ0v) is 13.4. The number of likely N-dealkylation sites (N-methyl/N-ethyl adjacent to an activating group) is 1. The smallest absolute Gasteiger partial charge is 0.0244 e. The van der Waals surface area contributed by atoms with Gasteiger partial charge in [0.15, 0.2) is 0 Å². The number of nitrogens with two attached hydrogens (primary N) is 1. The summed E-state index contributed by atoms with van der Waals surface area (Å²) in [6.07, 6.45) is 2.47. The molecule has 0 radical (unpaired) electrons. The molecule has 0 aliphatic heterocycles. The molecular formula is C15H35N3. The number of nitrogens with zero attached hydrogens (tertiary/aromatic N) is 2. The summed E-state index contributed by atoms with van der Waals surface area (Å²) in [6.45, 7) is 13.4. The Hall–Kier alpha value is -0.120. The molecule has 0 aromatic carbocycles. The molecule has 0 saturated carbocycles. The quantitative estimate of drug-likeness (QED) is 0.651. The first kappa shape index (κ1) is 17.9. The largest absolute Gasteiger partial charge is 0.329 e. The first-order chi connectivity index (χ1) is 8.42. The molecule has 2 atom stereocenters. The van der Waals surface area contributed by atoms with Crippen molar-refractivity contribution in [3.8, 4) is 0 Å². The fourth-order valence-corrected chi connectivity index (χ4v) is 2.70. The highest BCUT2D eigenvalue weighted by Crippen LogP contribution is 2.19. The fourth-order valence-electron chi connectivity index (χ4n) is 2.70. The lowest BCUT2D eigenvalue weighted by molar-refractivity contribution is 0.130. The normalized spacial score (nSPS) is 15.7. The molecule has 110 valence electrons. The molecule has 0 bridgehead atoms. The van der Waals surface area contributed by atoms with Gasteiger partial charge in [-0.25, -0.2) is 0 Å². The van der Waals surface area contributed by atoms with Gasteiger partial charge in [-0.15, -0.1) is 0 Å². The second-order valence-corrected chi connectivity index (χ2v) is 6.25. The Bertz CT molecular complexity index is 192. The minimum Gasteiger partial charge on any atom is -0.329 e. The van der Waals surface area contributed by atoms with E-state index in [9.17, 15) is 0 Å². The summed E-state index contributed by atoms with van der Waals surface area (Å²) in [6, 6.07) is 0.535. The van der Waals surface area contributed by atoms with Gasteiger partial charge in [-0.05, 0) is 45.3 Å². The van der Waals surface area contributed by atoms with Crippen LogP contribution in [0.2, 0.25) is 0 Å². The predicted octanol–water partition coefficient (Wildman–Crippen LogP) is 2.27. The zero-order chi connectivity index (χ0) is 14.1. The van der Waals surface area contributed by atoms with Gasteiger partial charge in [-0.2, -0.15) is 0 Å². The zero-order valence-electron chi connectivity index (χ0n) is 13.4. The van der Waals surface area contributed by atoms with Gasteiger partial charge in [0.2, 0.25) is 0 Å². The molecule has 0 aromatic rings. The molecule has 2 N–H and O–H groups in total. The number of hydrogen-bond acceptors (Lipinski definition) is 3. The van der Waals surface area contributed by atoms with Gasteiger partial charge in [0.25, 0.3) is 0 Å². The maximum atomic E-state index is 6.03. The summed E-state index contributed by atoms with van der Waals surface area (Å²) in [4.78, 5) is 4.84. The molecule has 0 amide bonds. The Morgan fingerprint density at radius 2 is 1.61 bits per heavy atom. The lowest BCUT2D eigenvalue weighted by Gasteiger charge is -2.36. The van der Waals surface area contributed by atoms with Crippen molar-refractivity contribution in [3.05, 3.63) is 0 Å². The minimum absolute atomic E-state index is 0.535. The molecule has 0 heterocycles. The first-order valence-electron chi connectivity index (χ1n) is 7.51. The van der Waals surface area contributed by atoms with E-state index in [0.29, 0.717) is 12.0 Å². The third-order valence-corrected chi connectivity index (χ3v) is 3.56. The van der Waals surface area contributed by atoms with E-state index >= 15 is 0 Å². The molecule has 3 nitrogen and oxygen atoms in total. The average molecular weight is 257 g/mol. The number of hydrogen-bond donors (Lipinski definition) is 1. The van der Waals surface area contributed by atoms with Gasteiger partial charge >= 0.3 is 0 Å². The van der Waals surface area contributed by atoms with Crippen molar-refractivity contribution < 1.29 is 0 Å². The van der Waals surface area contributed by atoms with Crippen LogP contribution in [0.4, 0.5) is 0 Å². The Morgan fingerprint density at radius 3 is 2.00 bits per heavy atom. The lowest BCUT2D eigenvalue weighted by atomic mass is 9.91. The lowest BCUT2D eigenvalue weighted by Crippen LogP contribution is -2.47. The highest BCUT2D eigenvalue weighted by Gasteiger charge is 2.23. The van der Waals surface area contributed by atoms with Crippen LogP contribution in [0.25, 0.3) is 0 Å². The third-order valence-electron chi connectivity index (χ3n) is 3.56. The molecule has 0 fully saturated rings. The van der Waals surface area contributed by atoms with E-state index in [0.717, 1.165) is 32.1 Å². The van der Waals surface area contributed by atoms with E-state index in [2.05, 4.69) is 51.6 Å². The molecule has 0 rings (SSSR count). The van der Waals surface area contributed by atoms with Crippen molar-refractivity contribution in [1.29, 1.82) is 0 Å². The summed E-state index contributed by atoms with van der Waals surface area (Å²) in [5.41, 5.74) is 6.03. The topological polar surface area (TPSA) is 32.5 Å². The van der Waals surface area contributed by atoms with Crippen LogP contribution in [0.5, 0.6) is 0 Å². The molecule has 0 aliphatic carbocycles. The van der Waals surface area contributed by atoms with Crippen molar-refractivity contribution in [3.63, 3.8) is 0 Å². The van der Waals surface area contributed by atoms with E-state index in [1.807, 2.05) is 0 Å².